The molecule has 1 atom stereocenters. The zero-order valence-electron chi connectivity index (χ0n) is 15.9. The molecule has 1 aromatic heterocycles. The Balaban J connectivity index is 1.35. The number of rotatable bonds is 3. The molecule has 1 aromatic rings. The van der Waals surface area contributed by atoms with Gasteiger partial charge in [0.25, 0.3) is 5.91 Å². The number of amides is 2. The van der Waals surface area contributed by atoms with E-state index in [1.54, 1.807) is 13.1 Å². The minimum Gasteiger partial charge on any atom is -0.367 e. The zero-order chi connectivity index (χ0) is 18.9. The molecule has 3 heterocycles. The number of aromatic nitrogens is 2. The van der Waals surface area contributed by atoms with Crippen molar-refractivity contribution in [1.82, 2.24) is 20.0 Å². The number of likely N-dealkylation sites (tertiary alicyclic amines) is 1. The monoisotopic (exact) mass is 372 g/mol. The highest BCUT2D eigenvalue weighted by Gasteiger charge is 2.41. The molecule has 1 unspecified atom stereocenters. The molecule has 27 heavy (non-hydrogen) atoms. The van der Waals surface area contributed by atoms with Crippen LogP contribution in [0.1, 0.15) is 54.7 Å². The molecule has 3 aliphatic rings. The van der Waals surface area contributed by atoms with E-state index in [1.807, 2.05) is 9.58 Å². The molecular weight excluding hydrogens is 344 g/mol. The third-order valence-corrected chi connectivity index (χ3v) is 6.11. The van der Waals surface area contributed by atoms with Crippen LogP contribution in [0, 0.1) is 5.92 Å². The molecule has 2 amide bonds. The van der Waals surface area contributed by atoms with E-state index in [4.69, 9.17) is 4.74 Å². The number of nitrogens with zero attached hydrogens (tertiary/aromatic N) is 3. The van der Waals surface area contributed by atoms with Gasteiger partial charge in [0.2, 0.25) is 5.91 Å². The number of nitrogens with one attached hydrogen (secondary N) is 1. The van der Waals surface area contributed by atoms with Crippen molar-refractivity contribution in [2.45, 2.75) is 57.3 Å². The zero-order valence-corrected chi connectivity index (χ0v) is 15.9. The Hall–Kier alpha value is -2.15. The number of hydrogen-bond donors (Lipinski definition) is 1. The van der Waals surface area contributed by atoms with Crippen molar-refractivity contribution in [3.63, 3.8) is 0 Å². The molecular formula is C20H28N4O3. The third-order valence-electron chi connectivity index (χ3n) is 6.11. The largest absolute Gasteiger partial charge is 0.367 e. The van der Waals surface area contributed by atoms with Gasteiger partial charge in [-0.3, -0.25) is 14.3 Å². The van der Waals surface area contributed by atoms with Crippen molar-refractivity contribution in [2.24, 2.45) is 5.92 Å². The van der Waals surface area contributed by atoms with E-state index >= 15 is 0 Å². The number of allylic oxidation sites excluding steroid dienone is 2. The predicted octanol–water partition coefficient (Wildman–Crippen LogP) is 1.88. The van der Waals surface area contributed by atoms with Gasteiger partial charge in [-0.15, -0.1) is 0 Å². The van der Waals surface area contributed by atoms with Gasteiger partial charge in [0.1, 0.15) is 0 Å². The summed E-state index contributed by atoms with van der Waals surface area (Å²) in [6, 6.07) is 1.79. The summed E-state index contributed by atoms with van der Waals surface area (Å²) in [5.41, 5.74) is 1.09. The molecule has 2 aliphatic heterocycles. The Labute approximate surface area is 159 Å². The summed E-state index contributed by atoms with van der Waals surface area (Å²) in [5, 5.41) is 7.05. The van der Waals surface area contributed by atoms with Crippen molar-refractivity contribution in [1.29, 1.82) is 0 Å². The molecule has 1 fully saturated rings. The van der Waals surface area contributed by atoms with Crippen molar-refractivity contribution in [3.8, 4) is 0 Å². The maximum absolute atomic E-state index is 12.6. The molecule has 0 radical (unpaired) electrons. The number of fused-ring (bicyclic) bond motifs is 1. The summed E-state index contributed by atoms with van der Waals surface area (Å²) in [5.74, 6) is 0.491. The maximum Gasteiger partial charge on any atom is 0.271 e. The van der Waals surface area contributed by atoms with Crippen LogP contribution in [0.15, 0.2) is 18.2 Å². The molecule has 1 spiro atoms. The molecule has 0 aromatic carbocycles. The Bertz CT molecular complexity index is 746. The molecule has 1 aliphatic carbocycles. The summed E-state index contributed by atoms with van der Waals surface area (Å²) in [4.78, 5) is 26.4. The number of hydrogen-bond acceptors (Lipinski definition) is 4. The minimum absolute atomic E-state index is 0.178. The van der Waals surface area contributed by atoms with Crippen LogP contribution in [0.3, 0.4) is 0 Å². The van der Waals surface area contributed by atoms with Gasteiger partial charge in [-0.2, -0.15) is 5.10 Å². The van der Waals surface area contributed by atoms with Gasteiger partial charge in [0, 0.05) is 26.6 Å². The SMILES string of the molecule is CNC(=O)c1cc2n(n1)CC1(CCN(C(=O)CC3C=CCCC3)CC1)OC2. The lowest BCUT2D eigenvalue weighted by Crippen LogP contribution is -2.52. The van der Waals surface area contributed by atoms with Crippen LogP contribution >= 0.6 is 0 Å². The van der Waals surface area contributed by atoms with E-state index in [-0.39, 0.29) is 17.4 Å². The summed E-state index contributed by atoms with van der Waals surface area (Å²) in [7, 11) is 1.61. The normalized spacial score (nSPS) is 23.9. The van der Waals surface area contributed by atoms with Crippen molar-refractivity contribution in [2.75, 3.05) is 20.1 Å². The van der Waals surface area contributed by atoms with E-state index < -0.39 is 0 Å². The van der Waals surface area contributed by atoms with Crippen LogP contribution in [-0.2, 0) is 22.7 Å². The standard InChI is InChI=1S/C20H28N4O3/c1-21-19(26)17-12-16-13-27-20(14-24(16)22-17)7-9-23(10-8-20)18(25)11-15-5-3-2-4-6-15/h3,5,12,15H,2,4,6-11,13-14H2,1H3,(H,21,26). The smallest absolute Gasteiger partial charge is 0.271 e. The highest BCUT2D eigenvalue weighted by Crippen LogP contribution is 2.34. The molecule has 0 bridgehead atoms. The molecule has 1 N–H and O–H groups in total. The molecule has 7 heteroatoms. The van der Waals surface area contributed by atoms with Crippen LogP contribution in [0.25, 0.3) is 0 Å². The van der Waals surface area contributed by atoms with Gasteiger partial charge in [0.15, 0.2) is 5.69 Å². The fourth-order valence-corrected chi connectivity index (χ4v) is 4.37. The lowest BCUT2D eigenvalue weighted by atomic mass is 9.88. The first-order valence-electron chi connectivity index (χ1n) is 9.96. The minimum atomic E-state index is -0.277. The van der Waals surface area contributed by atoms with Crippen LogP contribution in [0.2, 0.25) is 0 Å². The second-order valence-electron chi connectivity index (χ2n) is 7.93. The highest BCUT2D eigenvalue weighted by molar-refractivity contribution is 5.92. The number of piperidine rings is 1. The summed E-state index contributed by atoms with van der Waals surface area (Å²) < 4.78 is 8.10. The Kier molecular flexibility index (Phi) is 5.04. The Morgan fingerprint density at radius 3 is 2.89 bits per heavy atom. The van der Waals surface area contributed by atoms with E-state index in [0.717, 1.165) is 44.5 Å². The van der Waals surface area contributed by atoms with Crippen molar-refractivity contribution >= 4 is 11.8 Å². The fourth-order valence-electron chi connectivity index (χ4n) is 4.37. The van der Waals surface area contributed by atoms with E-state index in [9.17, 15) is 9.59 Å². The van der Waals surface area contributed by atoms with Gasteiger partial charge in [0.05, 0.1) is 24.4 Å². The number of carbonyl (C=O) groups excluding carboxylic acids is 2. The van der Waals surface area contributed by atoms with Crippen molar-refractivity contribution in [3.05, 3.63) is 29.6 Å². The lowest BCUT2D eigenvalue weighted by Gasteiger charge is -2.44. The highest BCUT2D eigenvalue weighted by atomic mass is 16.5. The average molecular weight is 372 g/mol. The number of ether oxygens (including phenoxy) is 1. The molecule has 0 saturated carbocycles. The van der Waals surface area contributed by atoms with Gasteiger partial charge < -0.3 is 15.0 Å². The second kappa shape index (κ2) is 7.46. The van der Waals surface area contributed by atoms with E-state index in [1.165, 1.54) is 6.42 Å². The van der Waals surface area contributed by atoms with Crippen LogP contribution < -0.4 is 5.32 Å². The fraction of sp³-hybridized carbons (Fsp3) is 0.650. The molecule has 146 valence electrons. The average Bonchev–Trinajstić information content (AvgIpc) is 3.11. The first-order valence-corrected chi connectivity index (χ1v) is 9.96. The maximum atomic E-state index is 12.6. The third kappa shape index (κ3) is 3.78. The van der Waals surface area contributed by atoms with E-state index in [0.29, 0.717) is 31.2 Å². The lowest BCUT2D eigenvalue weighted by molar-refractivity contribution is -0.146. The Morgan fingerprint density at radius 2 is 2.19 bits per heavy atom. The van der Waals surface area contributed by atoms with Gasteiger partial charge in [-0.05, 0) is 44.1 Å². The van der Waals surface area contributed by atoms with E-state index in [2.05, 4.69) is 22.6 Å². The van der Waals surface area contributed by atoms with Gasteiger partial charge in [-0.25, -0.2) is 0 Å². The van der Waals surface area contributed by atoms with Crippen LogP contribution in [0.4, 0.5) is 0 Å². The molecule has 1 saturated heterocycles. The predicted molar refractivity (Wildman–Crippen MR) is 100 cm³/mol. The first-order chi connectivity index (χ1) is 13.1. The summed E-state index contributed by atoms with van der Waals surface area (Å²) in [6.45, 7) is 2.57. The quantitative estimate of drug-likeness (QED) is 0.822. The first kappa shape index (κ1) is 18.2. The van der Waals surface area contributed by atoms with Crippen molar-refractivity contribution < 1.29 is 14.3 Å². The molecule has 7 nitrogen and oxygen atoms in total. The molecule has 4 rings (SSSR count). The topological polar surface area (TPSA) is 76.5 Å². The second-order valence-corrected chi connectivity index (χ2v) is 7.93. The summed E-state index contributed by atoms with van der Waals surface area (Å²) in [6.07, 6.45) is 10.1. The van der Waals surface area contributed by atoms with Crippen LogP contribution in [-0.4, -0.2) is 52.2 Å². The van der Waals surface area contributed by atoms with Gasteiger partial charge >= 0.3 is 0 Å². The number of carbonyl (C=O) groups is 2. The van der Waals surface area contributed by atoms with Gasteiger partial charge in [-0.1, -0.05) is 12.2 Å². The summed E-state index contributed by atoms with van der Waals surface area (Å²) >= 11 is 0. The Morgan fingerprint density at radius 1 is 1.37 bits per heavy atom. The van der Waals surface area contributed by atoms with Crippen LogP contribution in [0.5, 0.6) is 0 Å².